The topological polar surface area (TPSA) is 17.1 Å². The fourth-order valence-corrected chi connectivity index (χ4v) is 5.16. The van der Waals surface area contributed by atoms with Gasteiger partial charge in [0, 0.05) is 21.2 Å². The van der Waals surface area contributed by atoms with Crippen molar-refractivity contribution in [3.63, 3.8) is 0 Å². The van der Waals surface area contributed by atoms with Gasteiger partial charge in [0.15, 0.2) is 0 Å². The zero-order valence-electron chi connectivity index (χ0n) is 9.13. The van der Waals surface area contributed by atoms with E-state index in [4.69, 9.17) is 0 Å². The molecule has 1 aromatic rings. The van der Waals surface area contributed by atoms with Crippen LogP contribution < -0.4 is 0 Å². The first-order valence-corrected chi connectivity index (χ1v) is 7.28. The Bertz CT molecular complexity index is 471. The summed E-state index contributed by atoms with van der Waals surface area (Å²) in [7, 11) is 0. The average molecular weight is 297 g/mol. The zero-order chi connectivity index (χ0) is 11.3. The Balaban J connectivity index is 2.17. The number of thioether (sulfide) groups is 1. The summed E-state index contributed by atoms with van der Waals surface area (Å²) in [6.07, 6.45) is 2.94. The fourth-order valence-electron chi connectivity index (χ4n) is 2.92. The van der Waals surface area contributed by atoms with Crippen molar-refractivity contribution in [3.05, 3.63) is 28.2 Å². The van der Waals surface area contributed by atoms with E-state index in [-0.39, 0.29) is 10.7 Å². The number of hydrogen-bond acceptors (Lipinski definition) is 2. The van der Waals surface area contributed by atoms with Crippen LogP contribution in [0.3, 0.4) is 0 Å². The van der Waals surface area contributed by atoms with Crippen LogP contribution in [0, 0.1) is 0 Å². The van der Waals surface area contributed by atoms with Gasteiger partial charge < -0.3 is 0 Å². The number of hydrogen-bond donors (Lipinski definition) is 0. The van der Waals surface area contributed by atoms with Gasteiger partial charge in [-0.3, -0.25) is 4.79 Å². The first kappa shape index (κ1) is 10.8. The highest BCUT2D eigenvalue weighted by Gasteiger charge is 2.49. The van der Waals surface area contributed by atoms with E-state index in [1.54, 1.807) is 11.8 Å². The smallest absolute Gasteiger partial charge is 0.147 e. The van der Waals surface area contributed by atoms with Crippen molar-refractivity contribution in [2.75, 3.05) is 0 Å². The van der Waals surface area contributed by atoms with Crippen LogP contribution in [0.4, 0.5) is 0 Å². The van der Waals surface area contributed by atoms with E-state index in [1.165, 1.54) is 10.5 Å². The highest BCUT2D eigenvalue weighted by molar-refractivity contribution is 9.10. The van der Waals surface area contributed by atoms with Crippen molar-refractivity contribution in [2.24, 2.45) is 0 Å². The molecule has 3 heteroatoms. The van der Waals surface area contributed by atoms with Gasteiger partial charge in [0.25, 0.3) is 0 Å². The van der Waals surface area contributed by atoms with Gasteiger partial charge in [-0.15, -0.1) is 11.8 Å². The van der Waals surface area contributed by atoms with Crippen molar-refractivity contribution in [3.8, 4) is 0 Å². The van der Waals surface area contributed by atoms with Gasteiger partial charge in [-0.2, -0.15) is 0 Å². The lowest BCUT2D eigenvalue weighted by molar-refractivity contribution is -0.121. The molecule has 0 bridgehead atoms. The van der Waals surface area contributed by atoms with E-state index in [0.29, 0.717) is 5.78 Å². The van der Waals surface area contributed by atoms with Gasteiger partial charge >= 0.3 is 0 Å². The normalized spacial score (nSPS) is 32.4. The predicted octanol–water partition coefficient (Wildman–Crippen LogP) is 3.93. The molecule has 1 nitrogen and oxygen atoms in total. The standard InChI is InChI=1S/C13H13BrOS/c1-13-7-3-6-10(15)12(13)16-11-8(13)4-2-5-9(11)14/h2,4-5,12H,3,6-7H2,1H3/t12-,13-/m1/s1. The molecule has 84 valence electrons. The largest absolute Gasteiger partial charge is 0.298 e. The molecule has 0 unspecified atom stereocenters. The highest BCUT2D eigenvalue weighted by Crippen LogP contribution is 2.56. The van der Waals surface area contributed by atoms with Crippen LogP contribution in [0.25, 0.3) is 0 Å². The molecule has 3 rings (SSSR count). The summed E-state index contributed by atoms with van der Waals surface area (Å²) in [5.74, 6) is 0.432. The third kappa shape index (κ3) is 1.34. The second-order valence-electron chi connectivity index (χ2n) is 4.85. The first-order chi connectivity index (χ1) is 7.63. The van der Waals surface area contributed by atoms with Crippen molar-refractivity contribution in [1.29, 1.82) is 0 Å². The van der Waals surface area contributed by atoms with Gasteiger partial charge in [-0.25, -0.2) is 0 Å². The summed E-state index contributed by atoms with van der Waals surface area (Å²) < 4.78 is 1.14. The third-order valence-corrected chi connectivity index (χ3v) is 6.43. The van der Waals surface area contributed by atoms with Gasteiger partial charge in [-0.1, -0.05) is 19.1 Å². The summed E-state index contributed by atoms with van der Waals surface area (Å²) >= 11 is 5.35. The van der Waals surface area contributed by atoms with Crippen LogP contribution >= 0.6 is 27.7 Å². The number of carbonyl (C=O) groups excluding carboxylic acids is 1. The Morgan fingerprint density at radius 1 is 1.50 bits per heavy atom. The van der Waals surface area contributed by atoms with E-state index >= 15 is 0 Å². The molecule has 0 amide bonds. The minimum Gasteiger partial charge on any atom is -0.298 e. The maximum absolute atomic E-state index is 12.0. The average Bonchev–Trinajstić information content (AvgIpc) is 2.55. The molecule has 1 saturated carbocycles. The number of halogens is 1. The SMILES string of the molecule is C[C@]12CCCC(=O)[C@H]1Sc1c(Br)cccc12. The summed E-state index contributed by atoms with van der Waals surface area (Å²) in [5, 5.41) is 0.148. The second kappa shape index (κ2) is 3.61. The Morgan fingerprint density at radius 2 is 2.31 bits per heavy atom. The molecular weight excluding hydrogens is 284 g/mol. The molecule has 16 heavy (non-hydrogen) atoms. The van der Waals surface area contributed by atoms with E-state index in [9.17, 15) is 4.79 Å². The molecule has 2 atom stereocenters. The Morgan fingerprint density at radius 3 is 3.12 bits per heavy atom. The number of rotatable bonds is 0. The van der Waals surface area contributed by atoms with Crippen LogP contribution in [-0.4, -0.2) is 11.0 Å². The Labute approximate surface area is 108 Å². The molecule has 2 aliphatic rings. The van der Waals surface area contributed by atoms with Gasteiger partial charge in [-0.05, 0) is 40.4 Å². The van der Waals surface area contributed by atoms with Crippen LogP contribution in [-0.2, 0) is 10.2 Å². The summed E-state index contributed by atoms with van der Waals surface area (Å²) in [6, 6.07) is 6.33. The lowest BCUT2D eigenvalue weighted by Crippen LogP contribution is -2.40. The molecule has 0 aromatic heterocycles. The summed E-state index contributed by atoms with van der Waals surface area (Å²) in [5.41, 5.74) is 1.43. The van der Waals surface area contributed by atoms with Crippen LogP contribution in [0.5, 0.6) is 0 Å². The molecular formula is C13H13BrOS. The molecule has 0 radical (unpaired) electrons. The Kier molecular flexibility index (Phi) is 2.44. The van der Waals surface area contributed by atoms with Crippen molar-refractivity contribution >= 4 is 33.5 Å². The highest BCUT2D eigenvalue weighted by atomic mass is 79.9. The lowest BCUT2D eigenvalue weighted by atomic mass is 9.70. The molecule has 1 aliphatic heterocycles. The molecule has 1 fully saturated rings. The molecule has 0 N–H and O–H groups in total. The molecule has 1 heterocycles. The fraction of sp³-hybridized carbons (Fsp3) is 0.462. The predicted molar refractivity (Wildman–Crippen MR) is 70.0 cm³/mol. The van der Waals surface area contributed by atoms with E-state index in [0.717, 1.165) is 23.7 Å². The molecule has 0 saturated heterocycles. The number of carbonyl (C=O) groups is 1. The maximum atomic E-state index is 12.0. The van der Waals surface area contributed by atoms with Crippen LogP contribution in [0.1, 0.15) is 31.7 Å². The maximum Gasteiger partial charge on any atom is 0.147 e. The van der Waals surface area contributed by atoms with E-state index in [1.807, 2.05) is 0 Å². The summed E-state index contributed by atoms with van der Waals surface area (Å²) in [4.78, 5) is 13.3. The van der Waals surface area contributed by atoms with Crippen LogP contribution in [0.2, 0.25) is 0 Å². The quantitative estimate of drug-likeness (QED) is 0.721. The van der Waals surface area contributed by atoms with Gasteiger partial charge in [0.1, 0.15) is 5.78 Å². The second-order valence-corrected chi connectivity index (χ2v) is 6.82. The van der Waals surface area contributed by atoms with Gasteiger partial charge in [0.05, 0.1) is 5.25 Å². The molecule has 1 aromatic carbocycles. The monoisotopic (exact) mass is 296 g/mol. The minimum atomic E-state index is 0.0686. The van der Waals surface area contributed by atoms with Crippen molar-refractivity contribution in [2.45, 2.75) is 41.7 Å². The first-order valence-electron chi connectivity index (χ1n) is 5.61. The Hall–Kier alpha value is -0.280. The van der Waals surface area contributed by atoms with Crippen molar-refractivity contribution in [1.82, 2.24) is 0 Å². The van der Waals surface area contributed by atoms with E-state index in [2.05, 4.69) is 41.1 Å². The molecule has 1 aliphatic carbocycles. The number of benzene rings is 1. The minimum absolute atomic E-state index is 0.0686. The zero-order valence-corrected chi connectivity index (χ0v) is 11.5. The third-order valence-electron chi connectivity index (χ3n) is 3.81. The molecule has 0 spiro atoms. The number of Topliss-reactive ketones (excluding diaryl/α,β-unsaturated/α-hetero) is 1. The summed E-state index contributed by atoms with van der Waals surface area (Å²) in [6.45, 7) is 2.25. The van der Waals surface area contributed by atoms with Crippen molar-refractivity contribution < 1.29 is 4.79 Å². The number of fused-ring (bicyclic) bond motifs is 3. The van der Waals surface area contributed by atoms with Gasteiger partial charge in [0.2, 0.25) is 0 Å². The van der Waals surface area contributed by atoms with Crippen LogP contribution in [0.15, 0.2) is 27.6 Å². The number of ketones is 1. The lowest BCUT2D eigenvalue weighted by Gasteiger charge is -2.34. The van der Waals surface area contributed by atoms with E-state index < -0.39 is 0 Å².